The van der Waals surface area contributed by atoms with Crippen molar-refractivity contribution in [1.82, 2.24) is 15.0 Å². The highest BCUT2D eigenvalue weighted by Gasteiger charge is 2.16. The number of benzene rings is 1. The molecule has 8 nitrogen and oxygen atoms in total. The van der Waals surface area contributed by atoms with E-state index in [-0.39, 0.29) is 28.8 Å². The summed E-state index contributed by atoms with van der Waals surface area (Å²) in [5.41, 5.74) is 11.2. The van der Waals surface area contributed by atoms with E-state index in [0.29, 0.717) is 5.75 Å². The molecule has 98 valence electrons. The fourth-order valence-corrected chi connectivity index (χ4v) is 1.55. The van der Waals surface area contributed by atoms with Crippen LogP contribution in [0.1, 0.15) is 10.4 Å². The minimum absolute atomic E-state index is 0.0193. The number of hydrogen-bond donors (Lipinski definition) is 3. The number of hydrogen-bond acceptors (Lipinski definition) is 7. The zero-order valence-corrected chi connectivity index (χ0v) is 9.99. The molecule has 0 aliphatic rings. The Balaban J connectivity index is 2.67. The van der Waals surface area contributed by atoms with Gasteiger partial charge < -0.3 is 21.3 Å². The van der Waals surface area contributed by atoms with Gasteiger partial charge in [0.1, 0.15) is 5.75 Å². The number of rotatable bonds is 3. The third kappa shape index (κ3) is 2.51. The predicted octanol–water partition coefficient (Wildman–Crippen LogP) is 0.410. The number of aromatic carboxylic acids is 1. The highest BCUT2D eigenvalue weighted by atomic mass is 16.5. The smallest absolute Gasteiger partial charge is 0.336 e. The summed E-state index contributed by atoms with van der Waals surface area (Å²) in [7, 11) is 1.47. The van der Waals surface area contributed by atoms with Crippen LogP contribution in [0.15, 0.2) is 18.2 Å². The zero-order valence-electron chi connectivity index (χ0n) is 9.99. The Morgan fingerprint density at radius 3 is 2.37 bits per heavy atom. The lowest BCUT2D eigenvalue weighted by atomic mass is 10.1. The van der Waals surface area contributed by atoms with Crippen molar-refractivity contribution in [3.8, 4) is 17.1 Å². The van der Waals surface area contributed by atoms with E-state index in [2.05, 4.69) is 15.0 Å². The summed E-state index contributed by atoms with van der Waals surface area (Å²) in [6.45, 7) is 0. The molecule has 19 heavy (non-hydrogen) atoms. The molecule has 0 aliphatic carbocycles. The van der Waals surface area contributed by atoms with Crippen LogP contribution in [-0.2, 0) is 0 Å². The van der Waals surface area contributed by atoms with E-state index < -0.39 is 5.97 Å². The summed E-state index contributed by atoms with van der Waals surface area (Å²) < 4.78 is 5.04. The molecule has 1 aromatic carbocycles. The predicted molar refractivity (Wildman–Crippen MR) is 67.6 cm³/mol. The average molecular weight is 261 g/mol. The molecule has 1 aromatic heterocycles. The number of carboxylic acid groups (broad SMARTS) is 1. The minimum Gasteiger partial charge on any atom is -0.497 e. The van der Waals surface area contributed by atoms with Crippen LogP contribution in [-0.4, -0.2) is 33.1 Å². The molecule has 2 aromatic rings. The van der Waals surface area contributed by atoms with Crippen molar-refractivity contribution in [3.05, 3.63) is 23.8 Å². The fraction of sp³-hybridized carbons (Fsp3) is 0.0909. The number of ether oxygens (including phenoxy) is 1. The second kappa shape index (κ2) is 4.77. The van der Waals surface area contributed by atoms with Gasteiger partial charge in [0.25, 0.3) is 0 Å². The van der Waals surface area contributed by atoms with Gasteiger partial charge in [-0.15, -0.1) is 0 Å². The number of aromatic nitrogens is 3. The van der Waals surface area contributed by atoms with E-state index in [1.54, 1.807) is 0 Å². The third-order valence-corrected chi connectivity index (χ3v) is 2.37. The maximum Gasteiger partial charge on any atom is 0.336 e. The van der Waals surface area contributed by atoms with Crippen molar-refractivity contribution in [3.63, 3.8) is 0 Å². The molecular formula is C11H11N5O3. The normalized spacial score (nSPS) is 10.2. The van der Waals surface area contributed by atoms with Crippen LogP contribution in [0.2, 0.25) is 0 Å². The first-order valence-corrected chi connectivity index (χ1v) is 5.20. The summed E-state index contributed by atoms with van der Waals surface area (Å²) >= 11 is 0. The Morgan fingerprint density at radius 1 is 1.21 bits per heavy atom. The van der Waals surface area contributed by atoms with Crippen molar-refractivity contribution in [2.75, 3.05) is 18.6 Å². The lowest BCUT2D eigenvalue weighted by Gasteiger charge is -2.08. The minimum atomic E-state index is -1.12. The molecule has 0 atom stereocenters. The zero-order chi connectivity index (χ0) is 14.0. The molecule has 0 amide bonds. The van der Waals surface area contributed by atoms with Gasteiger partial charge in [-0.1, -0.05) is 0 Å². The van der Waals surface area contributed by atoms with Gasteiger partial charge in [-0.25, -0.2) is 4.79 Å². The summed E-state index contributed by atoms with van der Waals surface area (Å²) in [6.07, 6.45) is 0. The van der Waals surface area contributed by atoms with Crippen LogP contribution in [0.25, 0.3) is 11.4 Å². The first-order chi connectivity index (χ1) is 9.01. The molecule has 0 unspecified atom stereocenters. The summed E-state index contributed by atoms with van der Waals surface area (Å²) in [5.74, 6) is -0.725. The Labute approximate surface area is 108 Å². The fourth-order valence-electron chi connectivity index (χ4n) is 1.55. The molecule has 0 fully saturated rings. The number of nitrogens with two attached hydrogens (primary N) is 2. The summed E-state index contributed by atoms with van der Waals surface area (Å²) in [5, 5.41) is 9.15. The lowest BCUT2D eigenvalue weighted by Crippen LogP contribution is -2.07. The molecule has 0 saturated carbocycles. The molecule has 2 rings (SSSR count). The van der Waals surface area contributed by atoms with Gasteiger partial charge in [-0.3, -0.25) is 0 Å². The topological polar surface area (TPSA) is 137 Å². The van der Waals surface area contributed by atoms with E-state index in [9.17, 15) is 4.79 Å². The van der Waals surface area contributed by atoms with Crippen molar-refractivity contribution in [2.45, 2.75) is 0 Å². The van der Waals surface area contributed by atoms with E-state index in [1.807, 2.05) is 0 Å². The van der Waals surface area contributed by atoms with Gasteiger partial charge in [0.15, 0.2) is 5.82 Å². The van der Waals surface area contributed by atoms with Crippen molar-refractivity contribution in [1.29, 1.82) is 0 Å². The van der Waals surface area contributed by atoms with Crippen molar-refractivity contribution in [2.24, 2.45) is 0 Å². The number of carbonyl (C=O) groups is 1. The lowest BCUT2D eigenvalue weighted by molar-refractivity contribution is 0.0697. The van der Waals surface area contributed by atoms with E-state index in [4.69, 9.17) is 21.3 Å². The maximum atomic E-state index is 11.2. The SMILES string of the molecule is COc1ccc(C(=O)O)c(-c2nc(N)nc(N)n2)c1. The van der Waals surface area contributed by atoms with Crippen molar-refractivity contribution >= 4 is 17.9 Å². The third-order valence-electron chi connectivity index (χ3n) is 2.37. The van der Waals surface area contributed by atoms with Crippen LogP contribution < -0.4 is 16.2 Å². The summed E-state index contributed by atoms with van der Waals surface area (Å²) in [4.78, 5) is 22.6. The van der Waals surface area contributed by atoms with Crippen LogP contribution >= 0.6 is 0 Å². The van der Waals surface area contributed by atoms with Crippen molar-refractivity contribution < 1.29 is 14.6 Å². The molecule has 8 heteroatoms. The monoisotopic (exact) mass is 261 g/mol. The molecule has 1 heterocycles. The van der Waals surface area contributed by atoms with Crippen LogP contribution in [0.4, 0.5) is 11.9 Å². The van der Waals surface area contributed by atoms with Crippen LogP contribution in [0.3, 0.4) is 0 Å². The average Bonchev–Trinajstić information content (AvgIpc) is 2.36. The molecule has 0 radical (unpaired) electrons. The standard InChI is InChI=1S/C11H11N5O3/c1-19-5-2-3-6(9(17)18)7(4-5)8-14-10(12)16-11(13)15-8/h2-4H,1H3,(H,17,18)(H4,12,13,14,15,16). The first kappa shape index (κ1) is 12.6. The number of anilines is 2. The van der Waals surface area contributed by atoms with Gasteiger partial charge in [0.05, 0.1) is 12.7 Å². The summed E-state index contributed by atoms with van der Waals surface area (Å²) in [6, 6.07) is 4.42. The van der Waals surface area contributed by atoms with Gasteiger partial charge in [-0.05, 0) is 18.2 Å². The molecule has 0 spiro atoms. The highest BCUT2D eigenvalue weighted by Crippen LogP contribution is 2.26. The second-order valence-electron chi connectivity index (χ2n) is 3.59. The Morgan fingerprint density at radius 2 is 1.84 bits per heavy atom. The van der Waals surface area contributed by atoms with Gasteiger partial charge in [0, 0.05) is 5.56 Å². The number of carboxylic acids is 1. The van der Waals surface area contributed by atoms with Crippen LogP contribution in [0.5, 0.6) is 5.75 Å². The maximum absolute atomic E-state index is 11.2. The molecule has 0 bridgehead atoms. The number of nitrogens with zero attached hydrogens (tertiary/aromatic N) is 3. The van der Waals surface area contributed by atoms with E-state index in [1.165, 1.54) is 25.3 Å². The van der Waals surface area contributed by atoms with Gasteiger partial charge in [0.2, 0.25) is 11.9 Å². The molecular weight excluding hydrogens is 250 g/mol. The van der Waals surface area contributed by atoms with Gasteiger partial charge in [-0.2, -0.15) is 15.0 Å². The quantitative estimate of drug-likeness (QED) is 0.722. The first-order valence-electron chi connectivity index (χ1n) is 5.20. The number of nitrogen functional groups attached to an aromatic ring is 2. The Kier molecular flexibility index (Phi) is 3.15. The van der Waals surface area contributed by atoms with Crippen LogP contribution in [0, 0.1) is 0 Å². The van der Waals surface area contributed by atoms with E-state index in [0.717, 1.165) is 0 Å². The Bertz CT molecular complexity index is 624. The molecule has 0 saturated heterocycles. The van der Waals surface area contributed by atoms with Gasteiger partial charge >= 0.3 is 5.97 Å². The molecule has 5 N–H and O–H groups in total. The highest BCUT2D eigenvalue weighted by molar-refractivity contribution is 5.95. The largest absolute Gasteiger partial charge is 0.497 e. The number of methoxy groups -OCH3 is 1. The second-order valence-corrected chi connectivity index (χ2v) is 3.59. The van der Waals surface area contributed by atoms with E-state index >= 15 is 0 Å². The Hall–Kier alpha value is -2.90. The molecule has 0 aliphatic heterocycles.